The van der Waals surface area contributed by atoms with E-state index < -0.39 is 0 Å². The lowest BCUT2D eigenvalue weighted by atomic mass is 10.0. The molecule has 1 N–H and O–H groups in total. The summed E-state index contributed by atoms with van der Waals surface area (Å²) in [5.74, 6) is 0. The molecule has 1 aromatic carbocycles. The van der Waals surface area contributed by atoms with Gasteiger partial charge in [0.05, 0.1) is 18.3 Å². The Kier molecular flexibility index (Phi) is 4.74. The highest BCUT2D eigenvalue weighted by Gasteiger charge is 2.11. The highest BCUT2D eigenvalue weighted by Crippen LogP contribution is 2.16. The predicted octanol–water partition coefficient (Wildman–Crippen LogP) is 3.24. The van der Waals surface area contributed by atoms with Gasteiger partial charge in [0.25, 0.3) is 0 Å². The first-order valence-corrected chi connectivity index (χ1v) is 6.99. The van der Waals surface area contributed by atoms with Crippen LogP contribution in [0.3, 0.4) is 0 Å². The van der Waals surface area contributed by atoms with Crippen molar-refractivity contribution in [1.29, 1.82) is 0 Å². The van der Waals surface area contributed by atoms with E-state index in [0.29, 0.717) is 6.04 Å². The zero-order chi connectivity index (χ0) is 13.7. The number of hydrogen-bond donors (Lipinski definition) is 1. The Balaban J connectivity index is 2.13. The van der Waals surface area contributed by atoms with Gasteiger partial charge in [-0.15, -0.1) is 0 Å². The van der Waals surface area contributed by atoms with E-state index in [1.54, 1.807) is 0 Å². The average molecular weight is 257 g/mol. The van der Waals surface area contributed by atoms with Crippen molar-refractivity contribution in [2.24, 2.45) is 0 Å². The van der Waals surface area contributed by atoms with E-state index in [-0.39, 0.29) is 0 Å². The molecule has 0 fully saturated rings. The number of nitrogens with zero attached hydrogens (tertiary/aromatic N) is 2. The fourth-order valence-corrected chi connectivity index (χ4v) is 2.16. The molecular weight excluding hydrogens is 234 g/mol. The van der Waals surface area contributed by atoms with E-state index in [1.165, 1.54) is 11.1 Å². The molecule has 0 bridgehead atoms. The molecule has 0 spiro atoms. The van der Waals surface area contributed by atoms with Crippen molar-refractivity contribution >= 4 is 0 Å². The predicted molar refractivity (Wildman–Crippen MR) is 79.2 cm³/mol. The molecule has 0 radical (unpaired) electrons. The Hall–Kier alpha value is -1.61. The Morgan fingerprint density at radius 1 is 1.16 bits per heavy atom. The normalized spacial score (nSPS) is 12.6. The number of aryl methyl sites for hydroxylation is 2. The van der Waals surface area contributed by atoms with E-state index in [2.05, 4.69) is 48.5 Å². The Morgan fingerprint density at radius 3 is 2.47 bits per heavy atom. The van der Waals surface area contributed by atoms with Crippen LogP contribution in [0, 0.1) is 13.8 Å². The summed E-state index contributed by atoms with van der Waals surface area (Å²) in [6.45, 7) is 8.24. The Labute approximate surface area is 115 Å². The lowest BCUT2D eigenvalue weighted by Crippen LogP contribution is -2.26. The zero-order valence-corrected chi connectivity index (χ0v) is 12.1. The van der Waals surface area contributed by atoms with Gasteiger partial charge in [0.15, 0.2) is 0 Å². The standard InChI is InChI=1S/C16H23N3/c1-4-10-17-16(12-19-11-9-14(3)18-19)15-7-5-13(2)6-8-15/h5-9,11,16-17H,4,10,12H2,1-3H3. The SMILES string of the molecule is CCCNC(Cn1ccc(C)n1)c1ccc(C)cc1. The van der Waals surface area contributed by atoms with Crippen LogP contribution in [0.4, 0.5) is 0 Å². The molecule has 1 aromatic heterocycles. The molecule has 0 saturated heterocycles. The van der Waals surface area contributed by atoms with Gasteiger partial charge >= 0.3 is 0 Å². The average Bonchev–Trinajstić information content (AvgIpc) is 2.81. The summed E-state index contributed by atoms with van der Waals surface area (Å²) in [5, 5.41) is 8.08. The summed E-state index contributed by atoms with van der Waals surface area (Å²) in [6, 6.07) is 11.1. The number of hydrogen-bond acceptors (Lipinski definition) is 2. The van der Waals surface area contributed by atoms with Gasteiger partial charge in [-0.25, -0.2) is 0 Å². The van der Waals surface area contributed by atoms with Gasteiger partial charge in [0.2, 0.25) is 0 Å². The Morgan fingerprint density at radius 2 is 1.89 bits per heavy atom. The van der Waals surface area contributed by atoms with Crippen LogP contribution in [0.25, 0.3) is 0 Å². The molecule has 1 atom stereocenters. The van der Waals surface area contributed by atoms with Crippen LogP contribution in [0.15, 0.2) is 36.5 Å². The lowest BCUT2D eigenvalue weighted by molar-refractivity contribution is 0.438. The first kappa shape index (κ1) is 13.8. The van der Waals surface area contributed by atoms with Gasteiger partial charge in [0, 0.05) is 6.20 Å². The molecule has 0 amide bonds. The van der Waals surface area contributed by atoms with Crippen molar-refractivity contribution in [2.75, 3.05) is 6.54 Å². The van der Waals surface area contributed by atoms with Gasteiger partial charge in [0.1, 0.15) is 0 Å². The minimum atomic E-state index is 0.319. The van der Waals surface area contributed by atoms with Gasteiger partial charge in [-0.2, -0.15) is 5.10 Å². The maximum Gasteiger partial charge on any atom is 0.0604 e. The number of aromatic nitrogens is 2. The number of rotatable bonds is 6. The minimum Gasteiger partial charge on any atom is -0.308 e. The molecule has 102 valence electrons. The van der Waals surface area contributed by atoms with Gasteiger partial charge in [-0.3, -0.25) is 4.68 Å². The third-order valence-electron chi connectivity index (χ3n) is 3.26. The molecule has 2 rings (SSSR count). The van der Waals surface area contributed by atoms with E-state index >= 15 is 0 Å². The van der Waals surface area contributed by atoms with Crippen LogP contribution in [-0.2, 0) is 6.54 Å². The summed E-state index contributed by atoms with van der Waals surface area (Å²) < 4.78 is 2.02. The first-order valence-electron chi connectivity index (χ1n) is 6.99. The topological polar surface area (TPSA) is 29.9 Å². The number of nitrogens with one attached hydrogen (secondary N) is 1. The maximum atomic E-state index is 4.48. The summed E-state index contributed by atoms with van der Waals surface area (Å²) in [5.41, 5.74) is 3.69. The van der Waals surface area contributed by atoms with Gasteiger partial charge in [-0.1, -0.05) is 36.8 Å². The van der Waals surface area contributed by atoms with Crippen LogP contribution in [0.2, 0.25) is 0 Å². The molecular formula is C16H23N3. The second kappa shape index (κ2) is 6.53. The molecule has 0 aliphatic rings. The molecule has 1 heterocycles. The second-order valence-corrected chi connectivity index (χ2v) is 5.10. The largest absolute Gasteiger partial charge is 0.308 e. The molecule has 0 saturated carbocycles. The molecule has 1 unspecified atom stereocenters. The fraction of sp³-hybridized carbons (Fsp3) is 0.438. The molecule has 2 aromatic rings. The molecule has 3 heteroatoms. The molecule has 19 heavy (non-hydrogen) atoms. The summed E-state index contributed by atoms with van der Waals surface area (Å²) in [6.07, 6.45) is 3.19. The van der Waals surface area contributed by atoms with Crippen molar-refractivity contribution < 1.29 is 0 Å². The lowest BCUT2D eigenvalue weighted by Gasteiger charge is -2.19. The van der Waals surface area contributed by atoms with E-state index in [1.807, 2.05) is 23.9 Å². The first-order chi connectivity index (χ1) is 9.19. The zero-order valence-electron chi connectivity index (χ0n) is 12.1. The van der Waals surface area contributed by atoms with Crippen molar-refractivity contribution in [3.63, 3.8) is 0 Å². The summed E-state index contributed by atoms with van der Waals surface area (Å²) in [7, 11) is 0. The monoisotopic (exact) mass is 257 g/mol. The van der Waals surface area contributed by atoms with Gasteiger partial charge in [-0.05, 0) is 38.4 Å². The maximum absolute atomic E-state index is 4.48. The third kappa shape index (κ3) is 3.93. The quantitative estimate of drug-likeness (QED) is 0.861. The van der Waals surface area contributed by atoms with Crippen molar-refractivity contribution in [3.05, 3.63) is 53.3 Å². The van der Waals surface area contributed by atoms with E-state index in [4.69, 9.17) is 0 Å². The molecule has 0 aliphatic heterocycles. The highest BCUT2D eigenvalue weighted by atomic mass is 15.3. The molecule has 0 aliphatic carbocycles. The smallest absolute Gasteiger partial charge is 0.0604 e. The third-order valence-corrected chi connectivity index (χ3v) is 3.26. The van der Waals surface area contributed by atoms with Crippen LogP contribution in [0.1, 0.15) is 36.2 Å². The van der Waals surface area contributed by atoms with Crippen LogP contribution in [0.5, 0.6) is 0 Å². The van der Waals surface area contributed by atoms with Crippen molar-refractivity contribution in [3.8, 4) is 0 Å². The van der Waals surface area contributed by atoms with Crippen LogP contribution < -0.4 is 5.32 Å². The summed E-state index contributed by atoms with van der Waals surface area (Å²) in [4.78, 5) is 0. The van der Waals surface area contributed by atoms with Crippen molar-refractivity contribution in [1.82, 2.24) is 15.1 Å². The second-order valence-electron chi connectivity index (χ2n) is 5.10. The Bertz CT molecular complexity index is 499. The highest BCUT2D eigenvalue weighted by molar-refractivity contribution is 5.24. The fourth-order valence-electron chi connectivity index (χ4n) is 2.16. The minimum absolute atomic E-state index is 0.319. The van der Waals surface area contributed by atoms with Gasteiger partial charge < -0.3 is 5.32 Å². The van der Waals surface area contributed by atoms with E-state index in [9.17, 15) is 0 Å². The van der Waals surface area contributed by atoms with E-state index in [0.717, 1.165) is 25.2 Å². The van der Waals surface area contributed by atoms with Crippen molar-refractivity contribution in [2.45, 2.75) is 39.8 Å². The summed E-state index contributed by atoms with van der Waals surface area (Å²) >= 11 is 0. The molecule has 3 nitrogen and oxygen atoms in total. The van der Waals surface area contributed by atoms with Crippen LogP contribution in [-0.4, -0.2) is 16.3 Å². The van der Waals surface area contributed by atoms with Crippen LogP contribution >= 0.6 is 0 Å². The number of benzene rings is 1.